The number of esters is 1. The molecule has 242 valence electrons. The van der Waals surface area contributed by atoms with Gasteiger partial charge in [-0.15, -0.1) is 0 Å². The van der Waals surface area contributed by atoms with Crippen LogP contribution in [0.25, 0.3) is 0 Å². The van der Waals surface area contributed by atoms with E-state index in [4.69, 9.17) is 9.84 Å². The van der Waals surface area contributed by atoms with E-state index in [0.717, 1.165) is 64.2 Å². The Labute approximate surface area is 255 Å². The minimum atomic E-state index is -0.702. The molecule has 0 fully saturated rings. The molecule has 0 radical (unpaired) electrons. The van der Waals surface area contributed by atoms with Gasteiger partial charge >= 0.3 is 11.9 Å². The van der Waals surface area contributed by atoms with E-state index in [1.54, 1.807) is 0 Å². The first kappa shape index (κ1) is 39.7. The lowest BCUT2D eigenvalue weighted by atomic mass is 10.0. The third-order valence-electron chi connectivity index (χ3n) is 8.24. The summed E-state index contributed by atoms with van der Waals surface area (Å²) in [6, 6.07) is 0. The number of carbonyl (C=O) groups is 2. The molecule has 0 aliphatic rings. The number of unbranched alkanes of at least 4 members (excludes halogenated alkanes) is 22. The molecule has 0 amide bonds. The highest BCUT2D eigenvalue weighted by Crippen LogP contribution is 2.18. The maximum absolute atomic E-state index is 12.5. The molecule has 0 bridgehead atoms. The summed E-state index contributed by atoms with van der Waals surface area (Å²) in [5.41, 5.74) is 0. The van der Waals surface area contributed by atoms with E-state index in [0.29, 0.717) is 6.42 Å². The van der Waals surface area contributed by atoms with Gasteiger partial charge in [0.05, 0.1) is 0 Å². The van der Waals surface area contributed by atoms with Crippen molar-refractivity contribution in [1.82, 2.24) is 0 Å². The molecule has 0 rings (SSSR count). The number of ether oxygens (including phenoxy) is 1. The monoisotopic (exact) mass is 579 g/mol. The first-order valence-corrected chi connectivity index (χ1v) is 18.2. The van der Waals surface area contributed by atoms with Crippen LogP contribution < -0.4 is 0 Å². The summed E-state index contributed by atoms with van der Waals surface area (Å²) in [4.78, 5) is 23.1. The second kappa shape index (κ2) is 33.2. The fourth-order valence-electron chi connectivity index (χ4n) is 5.53. The normalized spacial score (nSPS) is 12.2. The average molecular weight is 579 g/mol. The van der Waals surface area contributed by atoms with Crippen molar-refractivity contribution in [1.29, 1.82) is 0 Å². The summed E-state index contributed by atoms with van der Waals surface area (Å²) < 4.78 is 5.91. The predicted octanol–water partition coefficient (Wildman–Crippen LogP) is 12.3. The van der Waals surface area contributed by atoms with Gasteiger partial charge < -0.3 is 9.84 Å². The number of rotatable bonds is 33. The Morgan fingerprint density at radius 2 is 0.878 bits per heavy atom. The van der Waals surface area contributed by atoms with E-state index in [-0.39, 0.29) is 18.5 Å². The van der Waals surface area contributed by atoms with Crippen molar-refractivity contribution >= 4 is 11.9 Å². The Balaban J connectivity index is 3.70. The van der Waals surface area contributed by atoms with Gasteiger partial charge in [-0.25, -0.2) is 0 Å². The van der Waals surface area contributed by atoms with Crippen LogP contribution in [0.3, 0.4) is 0 Å². The summed E-state index contributed by atoms with van der Waals surface area (Å²) in [6.45, 7) is 4.50. The quantitative estimate of drug-likeness (QED) is 0.0478. The van der Waals surface area contributed by atoms with E-state index < -0.39 is 5.97 Å². The smallest absolute Gasteiger partial charge is 0.306 e. The van der Waals surface area contributed by atoms with Gasteiger partial charge in [-0.1, -0.05) is 142 Å². The van der Waals surface area contributed by atoms with Gasteiger partial charge in [0.25, 0.3) is 0 Å². The molecule has 41 heavy (non-hydrogen) atoms. The second-order valence-electron chi connectivity index (χ2n) is 12.4. The molecule has 0 aromatic heterocycles. The summed E-state index contributed by atoms with van der Waals surface area (Å²) in [7, 11) is 0. The maximum atomic E-state index is 12.5. The number of carbonyl (C=O) groups excluding carboxylic acids is 1. The topological polar surface area (TPSA) is 63.6 Å². The van der Waals surface area contributed by atoms with Crippen molar-refractivity contribution < 1.29 is 19.4 Å². The van der Waals surface area contributed by atoms with Gasteiger partial charge in [0, 0.05) is 12.8 Å². The van der Waals surface area contributed by atoms with Crippen LogP contribution >= 0.6 is 0 Å². The molecule has 4 nitrogen and oxygen atoms in total. The highest BCUT2D eigenvalue weighted by atomic mass is 16.5. The van der Waals surface area contributed by atoms with Crippen LogP contribution in [0.2, 0.25) is 0 Å². The highest BCUT2D eigenvalue weighted by Gasteiger charge is 2.14. The summed E-state index contributed by atoms with van der Waals surface area (Å²) >= 11 is 0. The molecule has 4 heteroatoms. The number of hydrogen-bond donors (Lipinski definition) is 1. The zero-order valence-electron chi connectivity index (χ0n) is 27.6. The Morgan fingerprint density at radius 3 is 1.34 bits per heavy atom. The van der Waals surface area contributed by atoms with Crippen LogP contribution in [0.5, 0.6) is 0 Å². The van der Waals surface area contributed by atoms with Gasteiger partial charge in [0.2, 0.25) is 0 Å². The third-order valence-corrected chi connectivity index (χ3v) is 8.24. The fourth-order valence-corrected chi connectivity index (χ4v) is 5.53. The van der Waals surface area contributed by atoms with Crippen molar-refractivity contribution in [2.45, 2.75) is 213 Å². The molecule has 1 atom stereocenters. The Hall–Kier alpha value is -1.32. The second-order valence-corrected chi connectivity index (χ2v) is 12.4. The van der Waals surface area contributed by atoms with E-state index in [2.05, 4.69) is 26.0 Å². The van der Waals surface area contributed by atoms with Gasteiger partial charge in [-0.3, -0.25) is 9.59 Å². The number of carboxylic acids is 1. The minimum Gasteiger partial charge on any atom is -0.481 e. The van der Waals surface area contributed by atoms with Crippen molar-refractivity contribution in [3.63, 3.8) is 0 Å². The molecule has 0 aromatic carbocycles. The van der Waals surface area contributed by atoms with Crippen LogP contribution in [-0.4, -0.2) is 23.1 Å². The van der Waals surface area contributed by atoms with Crippen molar-refractivity contribution in [2.75, 3.05) is 0 Å². The molecular formula is C37H70O4. The number of allylic oxidation sites excluding steroid dienone is 2. The summed E-state index contributed by atoms with van der Waals surface area (Å²) in [5.74, 6) is -0.708. The SMILES string of the molecule is CCCCCCCC/C=C\CCCCCCCCCCCC(=O)OC(CCCCCC)CCCCCCCC(=O)O. The third kappa shape index (κ3) is 33.1. The van der Waals surface area contributed by atoms with E-state index >= 15 is 0 Å². The van der Waals surface area contributed by atoms with Crippen LogP contribution in [0.4, 0.5) is 0 Å². The summed E-state index contributed by atoms with van der Waals surface area (Å²) in [5, 5.41) is 8.74. The van der Waals surface area contributed by atoms with Crippen molar-refractivity contribution in [3.05, 3.63) is 12.2 Å². The lowest BCUT2D eigenvalue weighted by molar-refractivity contribution is -0.150. The zero-order valence-corrected chi connectivity index (χ0v) is 27.6. The van der Waals surface area contributed by atoms with Crippen LogP contribution in [0.15, 0.2) is 12.2 Å². The largest absolute Gasteiger partial charge is 0.481 e. The zero-order chi connectivity index (χ0) is 30.1. The number of aliphatic carboxylic acids is 1. The molecule has 0 aliphatic carbocycles. The average Bonchev–Trinajstić information content (AvgIpc) is 2.95. The van der Waals surface area contributed by atoms with E-state index in [1.165, 1.54) is 116 Å². The molecule has 0 saturated carbocycles. The molecule has 0 spiro atoms. The Morgan fingerprint density at radius 1 is 0.512 bits per heavy atom. The van der Waals surface area contributed by atoms with Crippen molar-refractivity contribution in [2.24, 2.45) is 0 Å². The first-order chi connectivity index (χ1) is 20.1. The minimum absolute atomic E-state index is 0.00651. The molecule has 0 saturated heterocycles. The van der Waals surface area contributed by atoms with Crippen LogP contribution in [0, 0.1) is 0 Å². The van der Waals surface area contributed by atoms with Gasteiger partial charge in [-0.05, 0) is 64.2 Å². The highest BCUT2D eigenvalue weighted by molar-refractivity contribution is 5.69. The lowest BCUT2D eigenvalue weighted by Crippen LogP contribution is -2.18. The predicted molar refractivity (Wildman–Crippen MR) is 177 cm³/mol. The first-order valence-electron chi connectivity index (χ1n) is 18.2. The molecule has 0 aliphatic heterocycles. The van der Waals surface area contributed by atoms with Gasteiger partial charge in [-0.2, -0.15) is 0 Å². The molecule has 0 heterocycles. The van der Waals surface area contributed by atoms with E-state index in [9.17, 15) is 9.59 Å². The van der Waals surface area contributed by atoms with Crippen molar-refractivity contribution in [3.8, 4) is 0 Å². The Kier molecular flexibility index (Phi) is 32.1. The summed E-state index contributed by atoms with van der Waals surface area (Å²) in [6.07, 6.45) is 39.6. The van der Waals surface area contributed by atoms with E-state index in [1.807, 2.05) is 0 Å². The van der Waals surface area contributed by atoms with Crippen LogP contribution in [0.1, 0.15) is 206 Å². The van der Waals surface area contributed by atoms with Crippen LogP contribution in [-0.2, 0) is 14.3 Å². The molecule has 0 aromatic rings. The Bertz CT molecular complexity index is 585. The fraction of sp³-hybridized carbons (Fsp3) is 0.892. The van der Waals surface area contributed by atoms with Gasteiger partial charge in [0.15, 0.2) is 0 Å². The molecule has 1 unspecified atom stereocenters. The number of carboxylic acid groups (broad SMARTS) is 1. The lowest BCUT2D eigenvalue weighted by Gasteiger charge is -2.18. The number of hydrogen-bond acceptors (Lipinski definition) is 3. The molecular weight excluding hydrogens is 508 g/mol. The maximum Gasteiger partial charge on any atom is 0.306 e. The van der Waals surface area contributed by atoms with Gasteiger partial charge in [0.1, 0.15) is 6.10 Å². The molecule has 1 N–H and O–H groups in total. The standard InChI is InChI=1S/C37H70O4/c1-3-5-7-9-10-11-12-13-14-15-16-17-18-19-20-21-22-26-30-34-37(40)41-35(31-27-8-6-4-2)32-28-24-23-25-29-33-36(38)39/h13-14,35H,3-12,15-34H2,1-2H3,(H,38,39)/b14-13-.